The van der Waals surface area contributed by atoms with E-state index in [1.807, 2.05) is 5.92 Å². The van der Waals surface area contributed by atoms with Gasteiger partial charge in [0.05, 0.1) is 0 Å². The molecule has 0 bridgehead atoms. The van der Waals surface area contributed by atoms with Gasteiger partial charge in [-0.15, -0.1) is 6.42 Å². The van der Waals surface area contributed by atoms with Crippen LogP contribution in [0.4, 0.5) is 4.39 Å². The lowest BCUT2D eigenvalue weighted by atomic mass is 9.76. The highest BCUT2D eigenvalue weighted by Gasteiger charge is 2.59. The summed E-state index contributed by atoms with van der Waals surface area (Å²) in [6.07, 6.45) is 5.40. The van der Waals surface area contributed by atoms with Gasteiger partial charge in [-0.1, -0.05) is 31.9 Å². The molecule has 2 aromatic rings. The van der Waals surface area contributed by atoms with Crippen molar-refractivity contribution in [3.8, 4) is 23.5 Å². The third-order valence-electron chi connectivity index (χ3n) is 4.95. The first-order chi connectivity index (χ1) is 13.4. The summed E-state index contributed by atoms with van der Waals surface area (Å²) < 4.78 is 25.6. The van der Waals surface area contributed by atoms with Crippen LogP contribution in [0.5, 0.6) is 0 Å². The van der Waals surface area contributed by atoms with Gasteiger partial charge in [0.1, 0.15) is 11.4 Å². The van der Waals surface area contributed by atoms with Crippen LogP contribution in [0.1, 0.15) is 43.6 Å². The summed E-state index contributed by atoms with van der Waals surface area (Å²) in [7, 11) is -3.97. The van der Waals surface area contributed by atoms with Crippen LogP contribution in [0, 0.1) is 25.1 Å². The number of aliphatic carboxylic acids is 1. The summed E-state index contributed by atoms with van der Waals surface area (Å²) in [5.74, 6) is -0.676. The number of aromatic nitrogens is 1. The van der Waals surface area contributed by atoms with Crippen molar-refractivity contribution in [2.45, 2.75) is 44.4 Å². The first kappa shape index (κ1) is 22.8. The molecule has 0 saturated heterocycles. The summed E-state index contributed by atoms with van der Waals surface area (Å²) in [6, 6.07) is 6.97. The monoisotopic (exact) mass is 419 g/mol. The van der Waals surface area contributed by atoms with Crippen LogP contribution in [0.15, 0.2) is 30.3 Å². The molecule has 0 saturated carbocycles. The SMILES string of the molecule is C#CC(C(=O)O)([PH](=O)O)C(C)(O)c1c(-c2ccc(F)cc2)cc(C)nc1C(C)C. The highest BCUT2D eigenvalue weighted by atomic mass is 31.1. The number of rotatable bonds is 6. The smallest absolute Gasteiger partial charge is 0.335 e. The molecular formula is C21H23FNO5P. The number of carboxylic acids is 1. The minimum absolute atomic E-state index is 0.0254. The molecule has 0 aliphatic rings. The Kier molecular flexibility index (Phi) is 6.34. The van der Waals surface area contributed by atoms with Gasteiger partial charge >= 0.3 is 5.97 Å². The minimum Gasteiger partial charge on any atom is -0.480 e. The number of hydrogen-bond donors (Lipinski definition) is 3. The summed E-state index contributed by atoms with van der Waals surface area (Å²) >= 11 is 0. The molecule has 1 aromatic heterocycles. The first-order valence-corrected chi connectivity index (χ1v) is 10.2. The van der Waals surface area contributed by atoms with E-state index in [0.29, 0.717) is 22.5 Å². The molecule has 0 amide bonds. The summed E-state index contributed by atoms with van der Waals surface area (Å²) in [4.78, 5) is 26.4. The number of aliphatic hydroxyl groups is 1. The predicted octanol–water partition coefficient (Wildman–Crippen LogP) is 3.45. The summed E-state index contributed by atoms with van der Waals surface area (Å²) in [6.45, 7) is 6.40. The molecule has 0 fully saturated rings. The van der Waals surface area contributed by atoms with Crippen molar-refractivity contribution in [3.05, 3.63) is 53.1 Å². The van der Waals surface area contributed by atoms with Crippen LogP contribution in [0.25, 0.3) is 11.1 Å². The molecular weight excluding hydrogens is 396 g/mol. The van der Waals surface area contributed by atoms with Crippen molar-refractivity contribution in [2.24, 2.45) is 0 Å². The zero-order chi connectivity index (χ0) is 22.1. The molecule has 2 rings (SSSR count). The largest absolute Gasteiger partial charge is 0.480 e. The van der Waals surface area contributed by atoms with E-state index in [9.17, 15) is 28.9 Å². The van der Waals surface area contributed by atoms with E-state index in [1.54, 1.807) is 26.8 Å². The van der Waals surface area contributed by atoms with Gasteiger partial charge in [0.25, 0.3) is 0 Å². The van der Waals surface area contributed by atoms with Crippen LogP contribution in [-0.2, 0) is 15.0 Å². The lowest BCUT2D eigenvalue weighted by molar-refractivity contribution is -0.145. The van der Waals surface area contributed by atoms with E-state index in [0.717, 1.165) is 6.92 Å². The van der Waals surface area contributed by atoms with Crippen LogP contribution in [-0.4, -0.2) is 31.2 Å². The zero-order valence-electron chi connectivity index (χ0n) is 16.5. The molecule has 8 heteroatoms. The van der Waals surface area contributed by atoms with E-state index in [1.165, 1.54) is 24.3 Å². The second-order valence-corrected chi connectivity index (χ2v) is 8.67. The average Bonchev–Trinajstić information content (AvgIpc) is 2.61. The average molecular weight is 419 g/mol. The quantitative estimate of drug-likeness (QED) is 0.489. The van der Waals surface area contributed by atoms with E-state index in [2.05, 4.69) is 4.98 Å². The van der Waals surface area contributed by atoms with Crippen LogP contribution in [0.3, 0.4) is 0 Å². The molecule has 0 radical (unpaired) electrons. The van der Waals surface area contributed by atoms with Gasteiger partial charge in [0.2, 0.25) is 13.2 Å². The fraction of sp³-hybridized carbons (Fsp3) is 0.333. The lowest BCUT2D eigenvalue weighted by Gasteiger charge is -2.39. The number of carbonyl (C=O) groups is 1. The molecule has 1 heterocycles. The third-order valence-corrected chi connectivity index (χ3v) is 6.44. The van der Waals surface area contributed by atoms with Gasteiger partial charge in [-0.05, 0) is 49.1 Å². The third kappa shape index (κ3) is 3.72. The molecule has 6 nitrogen and oxygen atoms in total. The maximum absolute atomic E-state index is 13.4. The van der Waals surface area contributed by atoms with Gasteiger partial charge in [0, 0.05) is 17.0 Å². The summed E-state index contributed by atoms with van der Waals surface area (Å²) in [5, 5.41) is 18.5. The Balaban J connectivity index is 3.03. The Hall–Kier alpha value is -2.52. The molecule has 0 spiro atoms. The predicted molar refractivity (Wildman–Crippen MR) is 108 cm³/mol. The number of carboxylic acid groups (broad SMARTS) is 1. The zero-order valence-corrected chi connectivity index (χ0v) is 17.5. The Labute approximate surface area is 169 Å². The topological polar surface area (TPSA) is 108 Å². The van der Waals surface area contributed by atoms with Crippen molar-refractivity contribution >= 4 is 14.0 Å². The second kappa shape index (κ2) is 8.08. The van der Waals surface area contributed by atoms with E-state index >= 15 is 0 Å². The maximum atomic E-state index is 13.4. The first-order valence-electron chi connectivity index (χ1n) is 8.85. The number of nitrogens with zero attached hydrogens (tertiary/aromatic N) is 1. The van der Waals surface area contributed by atoms with Crippen LogP contribution >= 0.6 is 8.03 Å². The molecule has 3 unspecified atom stereocenters. The van der Waals surface area contributed by atoms with Crippen LogP contribution in [0.2, 0.25) is 0 Å². The van der Waals surface area contributed by atoms with Crippen molar-refractivity contribution in [2.75, 3.05) is 0 Å². The second-order valence-electron chi connectivity index (χ2n) is 7.31. The Bertz CT molecular complexity index is 995. The van der Waals surface area contributed by atoms with E-state index in [-0.39, 0.29) is 11.5 Å². The van der Waals surface area contributed by atoms with Crippen LogP contribution < -0.4 is 0 Å². The van der Waals surface area contributed by atoms with Gasteiger partial charge in [-0.2, -0.15) is 0 Å². The standard InChI is InChI=1S/C21H23FNO5P/c1-6-21(19(24)25,29(27)28)20(5,26)17-16(14-7-9-15(22)10-8-14)11-13(4)23-18(17)12(2)3/h1,7-12,26,29H,2-5H3,(H,24,25)(H,27,28). The van der Waals surface area contributed by atoms with Gasteiger partial charge in [0.15, 0.2) is 0 Å². The maximum Gasteiger partial charge on any atom is 0.335 e. The van der Waals surface area contributed by atoms with Crippen molar-refractivity contribution < 1.29 is 28.9 Å². The lowest BCUT2D eigenvalue weighted by Crippen LogP contribution is -2.53. The Morgan fingerprint density at radius 3 is 2.28 bits per heavy atom. The molecule has 29 heavy (non-hydrogen) atoms. The van der Waals surface area contributed by atoms with Gasteiger partial charge in [-0.25, -0.2) is 9.18 Å². The van der Waals surface area contributed by atoms with E-state index < -0.39 is 30.6 Å². The molecule has 0 aliphatic carbocycles. The van der Waals surface area contributed by atoms with E-state index in [4.69, 9.17) is 6.42 Å². The normalized spacial score (nSPS) is 16.5. The molecule has 0 aliphatic heterocycles. The highest BCUT2D eigenvalue weighted by molar-refractivity contribution is 7.42. The van der Waals surface area contributed by atoms with Gasteiger partial charge in [-0.3, -0.25) is 9.55 Å². The molecule has 1 aromatic carbocycles. The number of aryl methyl sites for hydroxylation is 1. The molecule has 3 atom stereocenters. The Morgan fingerprint density at radius 1 is 1.31 bits per heavy atom. The van der Waals surface area contributed by atoms with Crippen molar-refractivity contribution in [3.63, 3.8) is 0 Å². The fourth-order valence-electron chi connectivity index (χ4n) is 3.44. The number of halogens is 1. The number of pyridine rings is 1. The minimum atomic E-state index is -3.97. The fourth-order valence-corrected chi connectivity index (χ4v) is 4.29. The highest BCUT2D eigenvalue weighted by Crippen LogP contribution is 2.52. The van der Waals surface area contributed by atoms with Crippen molar-refractivity contribution in [1.29, 1.82) is 0 Å². The number of hydrogen-bond acceptors (Lipinski definition) is 4. The Morgan fingerprint density at radius 2 is 1.86 bits per heavy atom. The summed E-state index contributed by atoms with van der Waals surface area (Å²) in [5.41, 5.74) is -0.692. The molecule has 154 valence electrons. The molecule has 3 N–H and O–H groups in total. The number of terminal acetylenes is 1. The number of benzene rings is 1. The van der Waals surface area contributed by atoms with Crippen molar-refractivity contribution in [1.82, 2.24) is 4.98 Å². The van der Waals surface area contributed by atoms with Gasteiger partial charge < -0.3 is 15.1 Å².